The highest BCUT2D eigenvalue weighted by Gasteiger charge is 2.12. The Kier molecular flexibility index (Phi) is 4.79. The number of para-hydroxylation sites is 1. The van der Waals surface area contributed by atoms with Gasteiger partial charge in [0.25, 0.3) is 5.91 Å². The number of benzene rings is 1. The Balaban J connectivity index is 1.79. The van der Waals surface area contributed by atoms with Crippen molar-refractivity contribution in [2.75, 3.05) is 5.32 Å². The average Bonchev–Trinajstić information content (AvgIpc) is 3.09. The van der Waals surface area contributed by atoms with E-state index in [4.69, 9.17) is 4.42 Å². The van der Waals surface area contributed by atoms with Crippen molar-refractivity contribution in [3.63, 3.8) is 0 Å². The zero-order valence-corrected chi connectivity index (χ0v) is 14.5. The molecule has 0 unspecified atom stereocenters. The predicted octanol–water partition coefficient (Wildman–Crippen LogP) is 3.67. The molecular weight excluding hydrogens is 316 g/mol. The molecule has 0 atom stereocenters. The van der Waals surface area contributed by atoms with Crippen molar-refractivity contribution < 1.29 is 9.21 Å². The van der Waals surface area contributed by atoms with Crippen molar-refractivity contribution in [3.05, 3.63) is 71.1 Å². The van der Waals surface area contributed by atoms with Crippen LogP contribution in [0.4, 0.5) is 11.5 Å². The van der Waals surface area contributed by atoms with Crippen LogP contribution in [-0.4, -0.2) is 15.9 Å². The lowest BCUT2D eigenvalue weighted by Gasteiger charge is -2.13. The van der Waals surface area contributed by atoms with E-state index >= 15 is 0 Å². The number of amides is 1. The summed E-state index contributed by atoms with van der Waals surface area (Å²) < 4.78 is 5.21. The summed E-state index contributed by atoms with van der Waals surface area (Å²) in [7, 11) is 0. The summed E-state index contributed by atoms with van der Waals surface area (Å²) >= 11 is 0. The van der Waals surface area contributed by atoms with Gasteiger partial charge in [0.2, 0.25) is 0 Å². The first-order chi connectivity index (χ1) is 12.0. The Hall–Kier alpha value is -3.15. The Morgan fingerprint density at radius 3 is 2.52 bits per heavy atom. The van der Waals surface area contributed by atoms with E-state index in [1.54, 1.807) is 31.4 Å². The number of anilines is 2. The maximum absolute atomic E-state index is 12.4. The second kappa shape index (κ2) is 7.17. The summed E-state index contributed by atoms with van der Waals surface area (Å²) in [6.07, 6.45) is 1.57. The number of carbonyl (C=O) groups is 1. The minimum absolute atomic E-state index is 0.272. The van der Waals surface area contributed by atoms with Gasteiger partial charge in [-0.1, -0.05) is 18.2 Å². The fourth-order valence-corrected chi connectivity index (χ4v) is 2.56. The maximum Gasteiger partial charge on any atom is 0.270 e. The van der Waals surface area contributed by atoms with E-state index in [9.17, 15) is 4.79 Å². The van der Waals surface area contributed by atoms with Crippen LogP contribution >= 0.6 is 0 Å². The number of hydrogen-bond acceptors (Lipinski definition) is 5. The van der Waals surface area contributed by atoms with Crippen LogP contribution in [0.15, 0.2) is 47.1 Å². The fraction of sp³-hybridized carbons (Fsp3) is 0.211. The summed E-state index contributed by atoms with van der Waals surface area (Å²) in [6.45, 7) is 6.13. The van der Waals surface area contributed by atoms with E-state index in [-0.39, 0.29) is 5.91 Å². The van der Waals surface area contributed by atoms with Gasteiger partial charge in [0.05, 0.1) is 12.8 Å². The summed E-state index contributed by atoms with van der Waals surface area (Å²) in [4.78, 5) is 21.0. The van der Waals surface area contributed by atoms with Gasteiger partial charge in [-0.15, -0.1) is 0 Å². The molecule has 3 aromatic rings. The number of hydrogen-bond donors (Lipinski definition) is 2. The second-order valence-electron chi connectivity index (χ2n) is 5.84. The maximum atomic E-state index is 12.4. The first-order valence-electron chi connectivity index (χ1n) is 8.02. The highest BCUT2D eigenvalue weighted by atomic mass is 16.3. The molecule has 0 bridgehead atoms. The van der Waals surface area contributed by atoms with Gasteiger partial charge in [0, 0.05) is 11.8 Å². The van der Waals surface area contributed by atoms with Gasteiger partial charge in [-0.2, -0.15) is 0 Å². The molecule has 2 heterocycles. The van der Waals surface area contributed by atoms with Gasteiger partial charge in [-0.25, -0.2) is 9.97 Å². The third-order valence-electron chi connectivity index (χ3n) is 3.81. The van der Waals surface area contributed by atoms with Crippen molar-refractivity contribution in [3.8, 4) is 0 Å². The molecule has 25 heavy (non-hydrogen) atoms. The number of nitrogens with one attached hydrogen (secondary N) is 2. The van der Waals surface area contributed by atoms with Gasteiger partial charge in [-0.05, 0) is 44.0 Å². The molecular formula is C19H20N4O2. The Morgan fingerprint density at radius 1 is 1.08 bits per heavy atom. The number of carbonyl (C=O) groups excluding carboxylic acids is 1. The van der Waals surface area contributed by atoms with E-state index < -0.39 is 0 Å². The Bertz CT molecular complexity index is 868. The van der Waals surface area contributed by atoms with E-state index in [2.05, 4.69) is 20.6 Å². The van der Waals surface area contributed by atoms with Crippen LogP contribution in [0.3, 0.4) is 0 Å². The van der Waals surface area contributed by atoms with Crippen LogP contribution < -0.4 is 10.6 Å². The lowest BCUT2D eigenvalue weighted by atomic mass is 10.1. The molecule has 0 spiro atoms. The monoisotopic (exact) mass is 336 g/mol. The molecule has 0 fully saturated rings. The number of aryl methyl sites for hydroxylation is 3. The molecule has 6 nitrogen and oxygen atoms in total. The molecule has 6 heteroatoms. The lowest BCUT2D eigenvalue weighted by molar-refractivity contribution is 0.0942. The minimum atomic E-state index is -0.272. The molecule has 0 saturated carbocycles. The van der Waals surface area contributed by atoms with Crippen LogP contribution in [0.5, 0.6) is 0 Å². The second-order valence-corrected chi connectivity index (χ2v) is 5.84. The topological polar surface area (TPSA) is 80.0 Å². The average molecular weight is 336 g/mol. The molecule has 0 aliphatic rings. The zero-order chi connectivity index (χ0) is 17.8. The van der Waals surface area contributed by atoms with Gasteiger partial charge >= 0.3 is 0 Å². The minimum Gasteiger partial charge on any atom is -0.467 e. The number of aromatic nitrogens is 2. The quantitative estimate of drug-likeness (QED) is 0.743. The standard InChI is InChI=1S/C19H20N4O2/c1-12-6-4-7-13(2)18(12)23-17-10-16(21-14(3)22-17)19(24)20-11-15-8-5-9-25-15/h4-10H,11H2,1-3H3,(H,20,24)(H,21,22,23). The number of rotatable bonds is 5. The lowest BCUT2D eigenvalue weighted by Crippen LogP contribution is -2.24. The first-order valence-corrected chi connectivity index (χ1v) is 8.02. The number of nitrogens with zero attached hydrogens (tertiary/aromatic N) is 2. The van der Waals surface area contributed by atoms with Gasteiger partial charge in [0.15, 0.2) is 0 Å². The molecule has 0 aliphatic heterocycles. The van der Waals surface area contributed by atoms with Gasteiger partial charge in [0.1, 0.15) is 23.1 Å². The van der Waals surface area contributed by atoms with Crippen LogP contribution in [0.1, 0.15) is 33.2 Å². The molecule has 0 radical (unpaired) electrons. The molecule has 2 aromatic heterocycles. The van der Waals surface area contributed by atoms with E-state index in [0.29, 0.717) is 29.6 Å². The highest BCUT2D eigenvalue weighted by molar-refractivity contribution is 5.93. The smallest absolute Gasteiger partial charge is 0.270 e. The SMILES string of the molecule is Cc1nc(Nc2c(C)cccc2C)cc(C(=O)NCc2ccco2)n1. The Morgan fingerprint density at radius 2 is 1.84 bits per heavy atom. The van der Waals surface area contributed by atoms with Crippen LogP contribution in [0.2, 0.25) is 0 Å². The van der Waals surface area contributed by atoms with Crippen molar-refractivity contribution in [2.45, 2.75) is 27.3 Å². The number of furan rings is 1. The summed E-state index contributed by atoms with van der Waals surface area (Å²) in [6, 6.07) is 11.3. The van der Waals surface area contributed by atoms with Crippen molar-refractivity contribution in [2.24, 2.45) is 0 Å². The molecule has 0 saturated heterocycles. The summed E-state index contributed by atoms with van der Waals surface area (Å²) in [5, 5.41) is 6.09. The first kappa shape index (κ1) is 16.7. The predicted molar refractivity (Wildman–Crippen MR) is 95.8 cm³/mol. The Labute approximate surface area is 146 Å². The largest absolute Gasteiger partial charge is 0.467 e. The van der Waals surface area contributed by atoms with Crippen LogP contribution in [-0.2, 0) is 6.54 Å². The fourth-order valence-electron chi connectivity index (χ4n) is 2.56. The van der Waals surface area contributed by atoms with Crippen molar-refractivity contribution in [1.29, 1.82) is 0 Å². The molecule has 0 aliphatic carbocycles. The van der Waals surface area contributed by atoms with Gasteiger partial charge in [-0.3, -0.25) is 4.79 Å². The summed E-state index contributed by atoms with van der Waals surface area (Å²) in [5.41, 5.74) is 3.52. The molecule has 1 aromatic carbocycles. The van der Waals surface area contributed by atoms with Crippen LogP contribution in [0, 0.1) is 20.8 Å². The molecule has 2 N–H and O–H groups in total. The van der Waals surface area contributed by atoms with Crippen LogP contribution in [0.25, 0.3) is 0 Å². The molecule has 128 valence electrons. The van der Waals surface area contributed by atoms with Crippen molar-refractivity contribution >= 4 is 17.4 Å². The zero-order valence-electron chi connectivity index (χ0n) is 14.5. The molecule has 1 amide bonds. The highest BCUT2D eigenvalue weighted by Crippen LogP contribution is 2.23. The van der Waals surface area contributed by atoms with Gasteiger partial charge < -0.3 is 15.1 Å². The molecule has 3 rings (SSSR count). The third kappa shape index (κ3) is 4.03. The third-order valence-corrected chi connectivity index (χ3v) is 3.81. The van der Waals surface area contributed by atoms with E-state index in [0.717, 1.165) is 16.8 Å². The van der Waals surface area contributed by atoms with E-state index in [1.165, 1.54) is 0 Å². The van der Waals surface area contributed by atoms with E-state index in [1.807, 2.05) is 32.0 Å². The summed E-state index contributed by atoms with van der Waals surface area (Å²) in [5.74, 6) is 1.53. The normalized spacial score (nSPS) is 10.5. The van der Waals surface area contributed by atoms with Crippen molar-refractivity contribution in [1.82, 2.24) is 15.3 Å².